The molecule has 2 saturated heterocycles. The molecule has 0 atom stereocenters. The van der Waals surface area contributed by atoms with E-state index in [1.54, 1.807) is 60.0 Å². The van der Waals surface area contributed by atoms with E-state index in [1.165, 1.54) is 15.8 Å². The highest BCUT2D eigenvalue weighted by molar-refractivity contribution is 6.06. The van der Waals surface area contributed by atoms with Gasteiger partial charge in [-0.3, -0.25) is 29.2 Å². The molecule has 5 amide bonds. The molecule has 4 heterocycles. The molecule has 2 aliphatic heterocycles. The summed E-state index contributed by atoms with van der Waals surface area (Å²) < 4.78 is 3.14. The Kier molecular flexibility index (Phi) is 8.34. The lowest BCUT2D eigenvalue weighted by molar-refractivity contribution is -0.123. The number of nitrogens with one attached hydrogen (secondary N) is 2. The van der Waals surface area contributed by atoms with E-state index in [0.717, 1.165) is 10.8 Å². The number of rotatable bonds is 7. The molecule has 0 spiro atoms. The number of likely N-dealkylation sites (tertiary alicyclic amines) is 1. The molecule has 13 nitrogen and oxygen atoms in total. The van der Waals surface area contributed by atoms with Crippen molar-refractivity contribution in [2.75, 3.05) is 25.0 Å². The molecule has 2 aromatic heterocycles. The normalized spacial score (nSPS) is 15.8. The molecule has 2 fully saturated rings. The van der Waals surface area contributed by atoms with Crippen molar-refractivity contribution in [3.63, 3.8) is 0 Å². The Morgan fingerprint density at radius 3 is 2.49 bits per heavy atom. The largest absolute Gasteiger partial charge is 0.338 e. The van der Waals surface area contributed by atoms with Gasteiger partial charge in [0.25, 0.3) is 17.4 Å². The molecule has 0 radical (unpaired) electrons. The first-order valence-electron chi connectivity index (χ1n) is 15.4. The number of pyridine rings is 1. The molecule has 240 valence electrons. The van der Waals surface area contributed by atoms with Crippen LogP contribution in [0.3, 0.4) is 0 Å². The molecule has 2 N–H and O–H groups in total. The van der Waals surface area contributed by atoms with E-state index in [4.69, 9.17) is 0 Å². The predicted molar refractivity (Wildman–Crippen MR) is 172 cm³/mol. The highest BCUT2D eigenvalue weighted by Gasteiger charge is 2.33. The first kappa shape index (κ1) is 31.2. The Bertz CT molecular complexity index is 2000. The van der Waals surface area contributed by atoms with Gasteiger partial charge in [0.15, 0.2) is 0 Å². The van der Waals surface area contributed by atoms with Gasteiger partial charge in [-0.05, 0) is 44.9 Å². The van der Waals surface area contributed by atoms with Crippen molar-refractivity contribution in [2.45, 2.75) is 51.2 Å². The molecule has 4 aromatic rings. The molecular formula is C34H34N8O5. The number of piperidine rings is 1. The fraction of sp³-hybridized carbons (Fsp3) is 0.324. The second-order valence-electron chi connectivity index (χ2n) is 12.3. The Balaban J connectivity index is 1.09. The summed E-state index contributed by atoms with van der Waals surface area (Å²) >= 11 is 0. The van der Waals surface area contributed by atoms with E-state index < -0.39 is 11.6 Å². The number of imide groups is 1. The van der Waals surface area contributed by atoms with E-state index in [9.17, 15) is 29.2 Å². The van der Waals surface area contributed by atoms with Crippen LogP contribution in [0, 0.1) is 11.3 Å². The minimum absolute atomic E-state index is 0.110. The van der Waals surface area contributed by atoms with E-state index in [0.29, 0.717) is 48.3 Å². The highest BCUT2D eigenvalue weighted by Crippen LogP contribution is 2.29. The summed E-state index contributed by atoms with van der Waals surface area (Å²) in [5.41, 5.74) is 0.560. The summed E-state index contributed by atoms with van der Waals surface area (Å²) in [5.74, 6) is -0.874. The molecule has 0 unspecified atom stereocenters. The summed E-state index contributed by atoms with van der Waals surface area (Å²) in [6.07, 6.45) is 6.08. The topological polar surface area (TPSA) is 162 Å². The van der Waals surface area contributed by atoms with Crippen LogP contribution in [0.4, 0.5) is 10.5 Å². The summed E-state index contributed by atoms with van der Waals surface area (Å²) in [6.45, 7) is 4.65. The third-order valence-corrected chi connectivity index (χ3v) is 8.95. The van der Waals surface area contributed by atoms with Crippen LogP contribution in [0.25, 0.3) is 10.8 Å². The van der Waals surface area contributed by atoms with Gasteiger partial charge in [-0.25, -0.2) is 4.79 Å². The molecule has 0 bridgehead atoms. The van der Waals surface area contributed by atoms with Gasteiger partial charge >= 0.3 is 6.03 Å². The highest BCUT2D eigenvalue weighted by atomic mass is 16.2. The number of urea groups is 1. The number of benzene rings is 2. The first-order chi connectivity index (χ1) is 22.6. The number of nitriles is 1. The molecular weight excluding hydrogens is 600 g/mol. The van der Waals surface area contributed by atoms with Crippen molar-refractivity contribution in [1.82, 2.24) is 29.5 Å². The average Bonchev–Trinajstić information content (AvgIpc) is 3.58. The van der Waals surface area contributed by atoms with E-state index in [1.807, 2.05) is 24.3 Å². The molecule has 6 rings (SSSR count). The number of carbonyl (C=O) groups is 4. The van der Waals surface area contributed by atoms with Crippen LogP contribution in [0.2, 0.25) is 0 Å². The third-order valence-electron chi connectivity index (χ3n) is 8.95. The SMILES string of the molecule is CC(C)(C(=O)Nc1ccc(C#N)c2ccccc12)n1cc(C(=O)N2CCC(n3cccc(CN4CCC(=O)NC4=O)c3=O)CC2)cn1. The van der Waals surface area contributed by atoms with Crippen molar-refractivity contribution in [3.05, 3.63) is 94.2 Å². The smallest absolute Gasteiger partial charge is 0.324 e. The van der Waals surface area contributed by atoms with E-state index in [-0.39, 0.29) is 48.8 Å². The van der Waals surface area contributed by atoms with E-state index in [2.05, 4.69) is 21.8 Å². The maximum Gasteiger partial charge on any atom is 0.324 e. The third kappa shape index (κ3) is 6.09. The van der Waals surface area contributed by atoms with Crippen molar-refractivity contribution >= 4 is 40.2 Å². The van der Waals surface area contributed by atoms with Crippen molar-refractivity contribution < 1.29 is 19.2 Å². The Morgan fingerprint density at radius 1 is 1.02 bits per heavy atom. The molecule has 47 heavy (non-hydrogen) atoms. The summed E-state index contributed by atoms with van der Waals surface area (Å²) in [4.78, 5) is 67.1. The second kappa shape index (κ2) is 12.6. The monoisotopic (exact) mass is 634 g/mol. The van der Waals surface area contributed by atoms with Crippen molar-refractivity contribution in [2.24, 2.45) is 0 Å². The van der Waals surface area contributed by atoms with Crippen LogP contribution in [0.5, 0.6) is 0 Å². The first-order valence-corrected chi connectivity index (χ1v) is 15.4. The van der Waals surface area contributed by atoms with Gasteiger partial charge in [0.2, 0.25) is 5.91 Å². The number of fused-ring (bicyclic) bond motifs is 1. The van der Waals surface area contributed by atoms with Crippen LogP contribution < -0.4 is 16.2 Å². The quantitative estimate of drug-likeness (QED) is 0.315. The zero-order valence-electron chi connectivity index (χ0n) is 26.1. The number of anilines is 1. The molecule has 2 aromatic carbocycles. The summed E-state index contributed by atoms with van der Waals surface area (Å²) in [5, 5.41) is 20.6. The molecule has 0 saturated carbocycles. The van der Waals surface area contributed by atoms with Gasteiger partial charge in [-0.15, -0.1) is 0 Å². The van der Waals surface area contributed by atoms with Crippen molar-refractivity contribution in [1.29, 1.82) is 5.26 Å². The fourth-order valence-electron chi connectivity index (χ4n) is 6.07. The van der Waals surface area contributed by atoms with Crippen LogP contribution in [0.15, 0.2) is 71.9 Å². The fourth-order valence-corrected chi connectivity index (χ4v) is 6.07. The molecule has 13 heteroatoms. The Hall–Kier alpha value is -5.77. The van der Waals surface area contributed by atoms with Gasteiger partial charge in [-0.2, -0.15) is 10.4 Å². The maximum absolute atomic E-state index is 13.5. The van der Waals surface area contributed by atoms with E-state index >= 15 is 0 Å². The number of hydrogen-bond acceptors (Lipinski definition) is 7. The number of carbonyl (C=O) groups excluding carboxylic acids is 4. The van der Waals surface area contributed by atoms with Crippen LogP contribution in [0.1, 0.15) is 60.6 Å². The zero-order chi connectivity index (χ0) is 33.3. The standard InChI is InChI=1S/C34H34N8O5/c1-34(2,32(46)37-28-10-9-22(18-35)26-7-3-4-8-27(26)28)42-21-24(19-36-42)30(44)39-15-11-25(12-16-39)41-14-5-6-23(31(41)45)20-40-17-13-29(43)38-33(40)47/h3-10,14,19,21,25H,11-13,15-17,20H2,1-2H3,(H,37,46)(H,38,43,47). The zero-order valence-corrected chi connectivity index (χ0v) is 26.1. The molecule has 0 aliphatic carbocycles. The van der Waals surface area contributed by atoms with Gasteiger partial charge in [-0.1, -0.05) is 30.3 Å². The second-order valence-corrected chi connectivity index (χ2v) is 12.3. The van der Waals surface area contributed by atoms with Gasteiger partial charge in [0, 0.05) is 66.5 Å². The van der Waals surface area contributed by atoms with Gasteiger partial charge in [0.05, 0.1) is 29.9 Å². The van der Waals surface area contributed by atoms with Gasteiger partial charge in [0.1, 0.15) is 5.54 Å². The van der Waals surface area contributed by atoms with Crippen molar-refractivity contribution in [3.8, 4) is 6.07 Å². The predicted octanol–water partition coefficient (Wildman–Crippen LogP) is 3.36. The minimum atomic E-state index is -1.14. The summed E-state index contributed by atoms with van der Waals surface area (Å²) in [7, 11) is 0. The lowest BCUT2D eigenvalue weighted by Gasteiger charge is -2.33. The Labute approximate surface area is 270 Å². The average molecular weight is 635 g/mol. The van der Waals surface area contributed by atoms with Gasteiger partial charge < -0.3 is 19.7 Å². The van der Waals surface area contributed by atoms with Crippen LogP contribution in [-0.4, -0.2) is 67.5 Å². The number of aromatic nitrogens is 3. The van der Waals surface area contributed by atoms with Crippen LogP contribution in [-0.2, 0) is 21.7 Å². The number of nitrogens with zero attached hydrogens (tertiary/aromatic N) is 6. The Morgan fingerprint density at radius 2 is 1.77 bits per heavy atom. The number of hydrogen-bond donors (Lipinski definition) is 2. The van der Waals surface area contributed by atoms with Crippen LogP contribution >= 0.6 is 0 Å². The molecule has 2 aliphatic rings. The lowest BCUT2D eigenvalue weighted by Crippen LogP contribution is -2.49. The minimum Gasteiger partial charge on any atom is -0.338 e. The lowest BCUT2D eigenvalue weighted by atomic mass is 10.0. The summed E-state index contributed by atoms with van der Waals surface area (Å²) in [6, 6.07) is 15.8. The maximum atomic E-state index is 13.5. The number of amides is 5.